The van der Waals surface area contributed by atoms with Gasteiger partial charge in [0.05, 0.1) is 18.2 Å². The molecule has 0 aromatic heterocycles. The monoisotopic (exact) mass is 251 g/mol. The number of ether oxygens (including phenoxy) is 1. The van der Waals surface area contributed by atoms with E-state index < -0.39 is 18.0 Å². The van der Waals surface area contributed by atoms with Gasteiger partial charge in [0.25, 0.3) is 0 Å². The van der Waals surface area contributed by atoms with Crippen LogP contribution in [-0.4, -0.2) is 34.3 Å². The molecule has 2 unspecified atom stereocenters. The van der Waals surface area contributed by atoms with Gasteiger partial charge in [-0.1, -0.05) is 6.07 Å². The number of aliphatic carboxylic acids is 1. The molecule has 0 saturated carbocycles. The van der Waals surface area contributed by atoms with E-state index in [1.165, 1.54) is 6.07 Å². The molecule has 1 aliphatic rings. The molecule has 0 spiro atoms. The van der Waals surface area contributed by atoms with Gasteiger partial charge in [0.1, 0.15) is 11.7 Å². The molecule has 0 radical (unpaired) electrons. The molecule has 0 saturated heterocycles. The first-order valence-electron chi connectivity index (χ1n) is 5.50. The predicted octanol–water partition coefficient (Wildman–Crippen LogP) is 1.42. The van der Waals surface area contributed by atoms with E-state index in [-0.39, 0.29) is 23.8 Å². The Morgan fingerprint density at radius 3 is 2.72 bits per heavy atom. The minimum atomic E-state index is -1.10. The van der Waals surface area contributed by atoms with E-state index in [0.29, 0.717) is 5.69 Å². The molecule has 2 atom stereocenters. The van der Waals surface area contributed by atoms with Gasteiger partial charge in [-0.05, 0) is 19.1 Å². The fourth-order valence-electron chi connectivity index (χ4n) is 1.93. The first-order chi connectivity index (χ1) is 8.49. The van der Waals surface area contributed by atoms with E-state index >= 15 is 0 Å². The van der Waals surface area contributed by atoms with Crippen molar-refractivity contribution in [1.82, 2.24) is 0 Å². The van der Waals surface area contributed by atoms with Crippen LogP contribution in [0.1, 0.15) is 23.7 Å². The largest absolute Gasteiger partial charge is 0.485 e. The second-order valence-corrected chi connectivity index (χ2v) is 4.17. The Labute approximate surface area is 103 Å². The zero-order chi connectivity index (χ0) is 13.3. The molecule has 1 heterocycles. The van der Waals surface area contributed by atoms with Crippen LogP contribution in [0.5, 0.6) is 5.75 Å². The molecule has 0 fully saturated rings. The topological polar surface area (TPSA) is 95.9 Å². The van der Waals surface area contributed by atoms with Crippen LogP contribution in [0, 0.1) is 0 Å². The summed E-state index contributed by atoms with van der Waals surface area (Å²) in [4.78, 5) is 21.8. The van der Waals surface area contributed by atoms with Crippen LogP contribution >= 0.6 is 0 Å². The summed E-state index contributed by atoms with van der Waals surface area (Å²) in [5, 5.41) is 20.9. The van der Waals surface area contributed by atoms with Crippen molar-refractivity contribution < 1.29 is 24.5 Å². The molecule has 1 aromatic rings. The van der Waals surface area contributed by atoms with Crippen molar-refractivity contribution in [3.63, 3.8) is 0 Å². The lowest BCUT2D eigenvalue weighted by atomic mass is 10.0. The van der Waals surface area contributed by atoms with Crippen molar-refractivity contribution >= 4 is 17.6 Å². The molecule has 6 nitrogen and oxygen atoms in total. The van der Waals surface area contributed by atoms with Gasteiger partial charge in [0.2, 0.25) is 0 Å². The number of nitrogens with one attached hydrogen (secondary N) is 1. The Morgan fingerprint density at radius 1 is 1.39 bits per heavy atom. The van der Waals surface area contributed by atoms with Crippen LogP contribution in [0.4, 0.5) is 5.69 Å². The van der Waals surface area contributed by atoms with Gasteiger partial charge in [-0.2, -0.15) is 0 Å². The molecule has 1 aromatic carbocycles. The summed E-state index contributed by atoms with van der Waals surface area (Å²) in [7, 11) is 0. The molecule has 2 rings (SSSR count). The van der Waals surface area contributed by atoms with Crippen molar-refractivity contribution in [3.05, 3.63) is 23.8 Å². The maximum absolute atomic E-state index is 11.1. The number of anilines is 1. The van der Waals surface area contributed by atoms with E-state index in [4.69, 9.17) is 14.9 Å². The first-order valence-corrected chi connectivity index (χ1v) is 5.50. The number of carboxylic acids is 2. The Hall–Kier alpha value is -2.24. The van der Waals surface area contributed by atoms with Crippen LogP contribution in [0.15, 0.2) is 18.2 Å². The highest BCUT2D eigenvalue weighted by molar-refractivity contribution is 5.93. The number of fused-ring (bicyclic) bond motifs is 1. The smallest absolute Gasteiger partial charge is 0.339 e. The van der Waals surface area contributed by atoms with Gasteiger partial charge in [-0.15, -0.1) is 0 Å². The van der Waals surface area contributed by atoms with Gasteiger partial charge < -0.3 is 20.3 Å². The summed E-state index contributed by atoms with van der Waals surface area (Å²) in [5.74, 6) is -1.88. The van der Waals surface area contributed by atoms with Crippen LogP contribution in [-0.2, 0) is 4.79 Å². The maximum Gasteiger partial charge on any atom is 0.339 e. The number of para-hydroxylation sites is 1. The van der Waals surface area contributed by atoms with Gasteiger partial charge in [0.15, 0.2) is 5.75 Å². The third-order valence-electron chi connectivity index (χ3n) is 2.83. The van der Waals surface area contributed by atoms with Gasteiger partial charge >= 0.3 is 11.9 Å². The average molecular weight is 251 g/mol. The lowest BCUT2D eigenvalue weighted by Crippen LogP contribution is -2.41. The summed E-state index contributed by atoms with van der Waals surface area (Å²) in [6.07, 6.45) is -0.767. The van der Waals surface area contributed by atoms with Crippen molar-refractivity contribution in [2.75, 3.05) is 5.32 Å². The van der Waals surface area contributed by atoms with E-state index in [2.05, 4.69) is 5.32 Å². The molecule has 1 aliphatic heterocycles. The fourth-order valence-corrected chi connectivity index (χ4v) is 1.93. The number of hydrogen-bond acceptors (Lipinski definition) is 4. The summed E-state index contributed by atoms with van der Waals surface area (Å²) < 4.78 is 5.52. The summed E-state index contributed by atoms with van der Waals surface area (Å²) in [5.41, 5.74) is 0.603. The average Bonchev–Trinajstić information content (AvgIpc) is 2.28. The van der Waals surface area contributed by atoms with Crippen LogP contribution in [0.25, 0.3) is 0 Å². The van der Waals surface area contributed by atoms with Gasteiger partial charge in [-0.25, -0.2) is 4.79 Å². The minimum absolute atomic E-state index is 0.0299. The standard InChI is InChI=1S/C12H13NO5/c1-6-9(5-10(14)15)18-11-7(12(16)17)3-2-4-8(11)13-6/h2-4,6,9,13H,5H2,1H3,(H,14,15)(H,16,17). The lowest BCUT2D eigenvalue weighted by Gasteiger charge is -2.32. The highest BCUT2D eigenvalue weighted by Gasteiger charge is 2.30. The molecule has 0 amide bonds. The summed E-state index contributed by atoms with van der Waals surface area (Å²) in [6, 6.07) is 4.55. The summed E-state index contributed by atoms with van der Waals surface area (Å²) in [6.45, 7) is 1.80. The Balaban J connectivity index is 2.35. The molecule has 96 valence electrons. The molecule has 0 bridgehead atoms. The SMILES string of the molecule is CC1Nc2cccc(C(=O)O)c2OC1CC(=O)O. The van der Waals surface area contributed by atoms with E-state index in [9.17, 15) is 9.59 Å². The number of hydrogen-bond donors (Lipinski definition) is 3. The van der Waals surface area contributed by atoms with Crippen LogP contribution in [0.3, 0.4) is 0 Å². The normalized spacial score (nSPS) is 21.4. The number of carboxylic acid groups (broad SMARTS) is 2. The highest BCUT2D eigenvalue weighted by atomic mass is 16.5. The van der Waals surface area contributed by atoms with Gasteiger partial charge in [-0.3, -0.25) is 4.79 Å². The second kappa shape index (κ2) is 4.56. The third kappa shape index (κ3) is 2.22. The van der Waals surface area contributed by atoms with E-state index in [0.717, 1.165) is 0 Å². The quantitative estimate of drug-likeness (QED) is 0.751. The van der Waals surface area contributed by atoms with Crippen molar-refractivity contribution in [2.45, 2.75) is 25.5 Å². The second-order valence-electron chi connectivity index (χ2n) is 4.17. The van der Waals surface area contributed by atoms with E-state index in [1.54, 1.807) is 19.1 Å². The highest BCUT2D eigenvalue weighted by Crippen LogP contribution is 2.35. The van der Waals surface area contributed by atoms with Crippen molar-refractivity contribution in [3.8, 4) is 5.75 Å². The number of rotatable bonds is 3. The maximum atomic E-state index is 11.1. The van der Waals surface area contributed by atoms with Gasteiger partial charge in [0, 0.05) is 0 Å². The predicted molar refractivity (Wildman–Crippen MR) is 63.2 cm³/mol. The zero-order valence-corrected chi connectivity index (χ0v) is 9.71. The van der Waals surface area contributed by atoms with Crippen LogP contribution in [0.2, 0.25) is 0 Å². The Morgan fingerprint density at radius 2 is 2.11 bits per heavy atom. The molecular formula is C12H13NO5. The Bertz CT molecular complexity index is 499. The van der Waals surface area contributed by atoms with E-state index in [1.807, 2.05) is 0 Å². The fraction of sp³-hybridized carbons (Fsp3) is 0.333. The zero-order valence-electron chi connectivity index (χ0n) is 9.71. The van der Waals surface area contributed by atoms with Crippen LogP contribution < -0.4 is 10.1 Å². The number of carbonyl (C=O) groups is 2. The van der Waals surface area contributed by atoms with Crippen molar-refractivity contribution in [2.24, 2.45) is 0 Å². The molecule has 0 aliphatic carbocycles. The minimum Gasteiger partial charge on any atom is -0.485 e. The molecule has 6 heteroatoms. The lowest BCUT2D eigenvalue weighted by molar-refractivity contribution is -0.139. The molecule has 18 heavy (non-hydrogen) atoms. The molecular weight excluding hydrogens is 238 g/mol. The summed E-state index contributed by atoms with van der Waals surface area (Å²) >= 11 is 0. The molecule has 3 N–H and O–H groups in total. The number of benzene rings is 1. The first kappa shape index (κ1) is 12.2. The Kier molecular flexibility index (Phi) is 3.10. The third-order valence-corrected chi connectivity index (χ3v) is 2.83. The number of aromatic carboxylic acids is 1. The van der Waals surface area contributed by atoms with Crippen molar-refractivity contribution in [1.29, 1.82) is 0 Å².